The number of aryl methyl sites for hydroxylation is 1. The molecule has 0 unspecified atom stereocenters. The second kappa shape index (κ2) is 8.54. The maximum Gasteiger partial charge on any atom is 0.236 e. The van der Waals surface area contributed by atoms with Gasteiger partial charge in [-0.2, -0.15) is 0 Å². The van der Waals surface area contributed by atoms with E-state index >= 15 is 0 Å². The summed E-state index contributed by atoms with van der Waals surface area (Å²) < 4.78 is 15.2. The number of thiazole rings is 1. The molecule has 0 aliphatic heterocycles. The zero-order chi connectivity index (χ0) is 20.2. The van der Waals surface area contributed by atoms with Crippen molar-refractivity contribution in [1.82, 2.24) is 19.7 Å². The topological polar surface area (TPSA) is 72.7 Å². The van der Waals surface area contributed by atoms with E-state index in [0.29, 0.717) is 21.5 Å². The highest BCUT2D eigenvalue weighted by Gasteiger charge is 2.12. The third kappa shape index (κ3) is 4.69. The van der Waals surface area contributed by atoms with Gasteiger partial charge in [-0.3, -0.25) is 9.36 Å². The Balaban J connectivity index is 1.38. The van der Waals surface area contributed by atoms with Crippen molar-refractivity contribution in [2.75, 3.05) is 11.1 Å². The van der Waals surface area contributed by atoms with Crippen LogP contribution in [0.3, 0.4) is 0 Å². The minimum atomic E-state index is -0.324. The van der Waals surface area contributed by atoms with Crippen LogP contribution in [0.25, 0.3) is 16.9 Å². The van der Waals surface area contributed by atoms with Gasteiger partial charge in [-0.15, -0.1) is 21.5 Å². The number of amides is 1. The molecule has 0 atom stereocenters. The largest absolute Gasteiger partial charge is 0.301 e. The predicted octanol–water partition coefficient (Wildman–Crippen LogP) is 4.57. The Morgan fingerprint density at radius 2 is 2.07 bits per heavy atom. The summed E-state index contributed by atoms with van der Waals surface area (Å²) in [4.78, 5) is 16.7. The fourth-order valence-corrected chi connectivity index (χ4v) is 4.07. The summed E-state index contributed by atoms with van der Waals surface area (Å²) in [7, 11) is 0. The monoisotopic (exact) mass is 425 g/mol. The van der Waals surface area contributed by atoms with Crippen molar-refractivity contribution in [3.63, 3.8) is 0 Å². The number of anilines is 1. The van der Waals surface area contributed by atoms with E-state index in [1.807, 2.05) is 35.8 Å². The Bertz CT molecular complexity index is 1140. The van der Waals surface area contributed by atoms with Gasteiger partial charge in [-0.05, 0) is 31.2 Å². The van der Waals surface area contributed by atoms with Crippen molar-refractivity contribution < 1.29 is 9.18 Å². The summed E-state index contributed by atoms with van der Waals surface area (Å²) in [6.45, 7) is 2.02. The van der Waals surface area contributed by atoms with Crippen molar-refractivity contribution >= 4 is 34.1 Å². The molecule has 4 rings (SSSR count). The fraction of sp³-hybridized carbons (Fsp3) is 0.100. The summed E-state index contributed by atoms with van der Waals surface area (Å²) in [5.41, 5.74) is 3.39. The average molecular weight is 426 g/mol. The van der Waals surface area contributed by atoms with E-state index in [1.54, 1.807) is 23.8 Å². The predicted molar refractivity (Wildman–Crippen MR) is 113 cm³/mol. The minimum Gasteiger partial charge on any atom is -0.301 e. The first-order valence-electron chi connectivity index (χ1n) is 8.70. The number of rotatable bonds is 6. The highest BCUT2D eigenvalue weighted by molar-refractivity contribution is 7.99. The molecule has 29 heavy (non-hydrogen) atoms. The van der Waals surface area contributed by atoms with E-state index in [9.17, 15) is 9.18 Å². The van der Waals surface area contributed by atoms with Gasteiger partial charge in [-0.1, -0.05) is 41.6 Å². The molecule has 9 heteroatoms. The van der Waals surface area contributed by atoms with Crippen LogP contribution in [0, 0.1) is 12.7 Å². The normalized spacial score (nSPS) is 10.8. The molecule has 2 heterocycles. The second-order valence-corrected chi connectivity index (χ2v) is 8.00. The quantitative estimate of drug-likeness (QED) is 0.458. The molecule has 0 radical (unpaired) electrons. The SMILES string of the molecule is Cc1ccc(-n2cnnc2SCC(=O)Nc2nc(-c3cccc(F)c3)cs2)cc1. The summed E-state index contributed by atoms with van der Waals surface area (Å²) in [5, 5.41) is 13.7. The van der Waals surface area contributed by atoms with Crippen molar-refractivity contribution in [2.24, 2.45) is 0 Å². The van der Waals surface area contributed by atoms with Crippen LogP contribution in [0.2, 0.25) is 0 Å². The number of carbonyl (C=O) groups is 1. The number of hydrogen-bond acceptors (Lipinski definition) is 6. The van der Waals surface area contributed by atoms with Crippen molar-refractivity contribution in [3.8, 4) is 16.9 Å². The van der Waals surface area contributed by atoms with E-state index in [1.165, 1.54) is 35.2 Å². The maximum absolute atomic E-state index is 13.4. The third-order valence-electron chi connectivity index (χ3n) is 4.03. The van der Waals surface area contributed by atoms with Gasteiger partial charge in [0.15, 0.2) is 10.3 Å². The van der Waals surface area contributed by atoms with E-state index in [4.69, 9.17) is 0 Å². The number of carbonyl (C=O) groups excluding carboxylic acids is 1. The molecule has 2 aromatic carbocycles. The number of hydrogen-bond donors (Lipinski definition) is 1. The molecule has 6 nitrogen and oxygen atoms in total. The molecule has 0 bridgehead atoms. The van der Waals surface area contributed by atoms with Crippen LogP contribution >= 0.6 is 23.1 Å². The second-order valence-electron chi connectivity index (χ2n) is 6.20. The molecule has 4 aromatic rings. The van der Waals surface area contributed by atoms with Gasteiger partial charge in [0.2, 0.25) is 5.91 Å². The van der Waals surface area contributed by atoms with Gasteiger partial charge in [-0.25, -0.2) is 9.37 Å². The highest BCUT2D eigenvalue weighted by atomic mass is 32.2. The standard InChI is InChI=1S/C20H16FN5OS2/c1-13-5-7-16(8-6-13)26-12-22-25-20(26)29-11-18(27)24-19-23-17(10-28-19)14-3-2-4-15(21)9-14/h2-10,12H,11H2,1H3,(H,23,24,27). The van der Waals surface area contributed by atoms with Gasteiger partial charge in [0.05, 0.1) is 11.4 Å². The summed E-state index contributed by atoms with van der Waals surface area (Å²) in [6.07, 6.45) is 1.62. The van der Waals surface area contributed by atoms with Crippen LogP contribution in [0.5, 0.6) is 0 Å². The van der Waals surface area contributed by atoms with Crippen molar-refractivity contribution in [1.29, 1.82) is 0 Å². The lowest BCUT2D eigenvalue weighted by molar-refractivity contribution is -0.113. The highest BCUT2D eigenvalue weighted by Crippen LogP contribution is 2.26. The summed E-state index contributed by atoms with van der Waals surface area (Å²) in [6, 6.07) is 14.2. The Labute approximate surface area is 174 Å². The molecule has 1 N–H and O–H groups in total. The van der Waals surface area contributed by atoms with Crippen LogP contribution in [-0.4, -0.2) is 31.4 Å². The molecule has 0 aliphatic carbocycles. The number of nitrogens with one attached hydrogen (secondary N) is 1. The smallest absolute Gasteiger partial charge is 0.236 e. The van der Waals surface area contributed by atoms with E-state index < -0.39 is 0 Å². The minimum absolute atomic E-state index is 0.166. The third-order valence-corrected chi connectivity index (χ3v) is 5.73. The zero-order valence-electron chi connectivity index (χ0n) is 15.4. The first-order valence-corrected chi connectivity index (χ1v) is 10.6. The molecular weight excluding hydrogens is 409 g/mol. The van der Waals surface area contributed by atoms with Crippen molar-refractivity contribution in [2.45, 2.75) is 12.1 Å². The van der Waals surface area contributed by atoms with Crippen LogP contribution in [0.15, 0.2) is 65.4 Å². The average Bonchev–Trinajstić information content (AvgIpc) is 3.36. The molecule has 0 saturated heterocycles. The fourth-order valence-electron chi connectivity index (χ4n) is 2.60. The van der Waals surface area contributed by atoms with Gasteiger partial charge in [0.1, 0.15) is 12.1 Å². The first-order chi connectivity index (χ1) is 14.1. The van der Waals surface area contributed by atoms with Crippen LogP contribution < -0.4 is 5.32 Å². The van der Waals surface area contributed by atoms with Gasteiger partial charge in [0.25, 0.3) is 0 Å². The Morgan fingerprint density at radius 1 is 1.24 bits per heavy atom. The Kier molecular flexibility index (Phi) is 5.68. The number of benzene rings is 2. The Morgan fingerprint density at radius 3 is 2.86 bits per heavy atom. The number of thioether (sulfide) groups is 1. The van der Waals surface area contributed by atoms with Gasteiger partial charge >= 0.3 is 0 Å². The van der Waals surface area contributed by atoms with Gasteiger partial charge < -0.3 is 5.32 Å². The maximum atomic E-state index is 13.4. The molecule has 146 valence electrons. The van der Waals surface area contributed by atoms with Crippen LogP contribution in [-0.2, 0) is 4.79 Å². The molecule has 2 aromatic heterocycles. The first kappa shape index (κ1) is 19.3. The molecule has 0 saturated carbocycles. The lowest BCUT2D eigenvalue weighted by Crippen LogP contribution is -2.14. The van der Waals surface area contributed by atoms with Gasteiger partial charge in [0, 0.05) is 16.6 Å². The van der Waals surface area contributed by atoms with Crippen molar-refractivity contribution in [3.05, 3.63) is 71.6 Å². The molecule has 0 aliphatic rings. The van der Waals surface area contributed by atoms with Crippen LogP contribution in [0.4, 0.5) is 9.52 Å². The zero-order valence-corrected chi connectivity index (χ0v) is 17.0. The number of nitrogens with zero attached hydrogens (tertiary/aromatic N) is 4. The summed E-state index contributed by atoms with van der Waals surface area (Å²) in [5.74, 6) is -0.358. The molecule has 0 fully saturated rings. The number of halogens is 1. The summed E-state index contributed by atoms with van der Waals surface area (Å²) >= 11 is 2.59. The molecule has 1 amide bonds. The van der Waals surface area contributed by atoms with E-state index in [-0.39, 0.29) is 17.5 Å². The Hall–Kier alpha value is -3.04. The lowest BCUT2D eigenvalue weighted by atomic mass is 10.2. The van der Waals surface area contributed by atoms with E-state index in [2.05, 4.69) is 20.5 Å². The number of aromatic nitrogens is 4. The lowest BCUT2D eigenvalue weighted by Gasteiger charge is -2.06. The molecule has 0 spiro atoms. The molecular formula is C20H16FN5OS2. The van der Waals surface area contributed by atoms with E-state index in [0.717, 1.165) is 11.3 Å². The van der Waals surface area contributed by atoms with Crippen LogP contribution in [0.1, 0.15) is 5.56 Å².